The number of amides is 1. The predicted molar refractivity (Wildman–Crippen MR) is 71.2 cm³/mol. The van der Waals surface area contributed by atoms with Gasteiger partial charge in [-0.2, -0.15) is 5.10 Å². The van der Waals surface area contributed by atoms with Crippen LogP contribution in [0.2, 0.25) is 0 Å². The van der Waals surface area contributed by atoms with Gasteiger partial charge >= 0.3 is 0 Å². The van der Waals surface area contributed by atoms with Crippen molar-refractivity contribution in [3.8, 4) is 0 Å². The lowest BCUT2D eigenvalue weighted by Gasteiger charge is -2.14. The van der Waals surface area contributed by atoms with Crippen molar-refractivity contribution in [1.82, 2.24) is 9.78 Å². The van der Waals surface area contributed by atoms with Crippen LogP contribution >= 0.6 is 12.2 Å². The Labute approximate surface area is 110 Å². The maximum absolute atomic E-state index is 12.1. The topological polar surface area (TPSA) is 82.2 Å². The second-order valence-electron chi connectivity index (χ2n) is 4.36. The molecule has 1 fully saturated rings. The second kappa shape index (κ2) is 5.03. The Kier molecular flexibility index (Phi) is 3.63. The van der Waals surface area contributed by atoms with Crippen LogP contribution in [0.25, 0.3) is 0 Å². The van der Waals surface area contributed by atoms with E-state index in [0.717, 1.165) is 6.42 Å². The summed E-state index contributed by atoms with van der Waals surface area (Å²) in [6.07, 6.45) is 2.21. The minimum atomic E-state index is -0.140. The number of hydrogen-bond donors (Lipinski definition) is 2. The van der Waals surface area contributed by atoms with Crippen LogP contribution in [0.4, 0.5) is 5.82 Å². The minimum absolute atomic E-state index is 0.0634. The molecule has 0 saturated carbocycles. The van der Waals surface area contributed by atoms with Crippen molar-refractivity contribution in [3.05, 3.63) is 11.8 Å². The summed E-state index contributed by atoms with van der Waals surface area (Å²) in [4.78, 5) is 12.4. The van der Waals surface area contributed by atoms with E-state index in [9.17, 15) is 4.79 Å². The van der Waals surface area contributed by atoms with Gasteiger partial charge in [0.05, 0.1) is 23.8 Å². The van der Waals surface area contributed by atoms with Gasteiger partial charge in [0.25, 0.3) is 0 Å². The summed E-state index contributed by atoms with van der Waals surface area (Å²) >= 11 is 4.92. The van der Waals surface area contributed by atoms with Gasteiger partial charge in [-0.05, 0) is 13.3 Å². The van der Waals surface area contributed by atoms with Gasteiger partial charge in [-0.1, -0.05) is 12.2 Å². The maximum atomic E-state index is 12.1. The number of nitrogens with one attached hydrogen (secondary N) is 1. The second-order valence-corrected chi connectivity index (χ2v) is 4.79. The fourth-order valence-electron chi connectivity index (χ4n) is 2.05. The lowest BCUT2D eigenvalue weighted by molar-refractivity contribution is -0.121. The fourth-order valence-corrected chi connectivity index (χ4v) is 2.20. The van der Waals surface area contributed by atoms with Crippen molar-refractivity contribution in [2.45, 2.75) is 19.4 Å². The highest BCUT2D eigenvalue weighted by molar-refractivity contribution is 7.80. The highest BCUT2D eigenvalue weighted by Gasteiger charge is 2.31. The molecule has 1 aliphatic heterocycles. The monoisotopic (exact) mass is 268 g/mol. The van der Waals surface area contributed by atoms with Gasteiger partial charge in [-0.15, -0.1) is 0 Å². The SMILES string of the molecule is CC1OCCC1C(=O)Nc1c(C(N)=S)cnn1C. The molecule has 1 aromatic rings. The van der Waals surface area contributed by atoms with E-state index in [2.05, 4.69) is 10.4 Å². The van der Waals surface area contributed by atoms with Crippen molar-refractivity contribution < 1.29 is 9.53 Å². The number of hydrogen-bond acceptors (Lipinski definition) is 4. The lowest BCUT2D eigenvalue weighted by atomic mass is 10.0. The third-order valence-electron chi connectivity index (χ3n) is 3.16. The molecule has 1 amide bonds. The molecule has 2 atom stereocenters. The van der Waals surface area contributed by atoms with E-state index in [1.165, 1.54) is 0 Å². The van der Waals surface area contributed by atoms with Crippen molar-refractivity contribution in [2.24, 2.45) is 18.7 Å². The van der Waals surface area contributed by atoms with Crippen molar-refractivity contribution >= 4 is 28.9 Å². The van der Waals surface area contributed by atoms with Crippen molar-refractivity contribution in [3.63, 3.8) is 0 Å². The van der Waals surface area contributed by atoms with Gasteiger partial charge in [-0.25, -0.2) is 0 Å². The van der Waals surface area contributed by atoms with Crippen molar-refractivity contribution in [1.29, 1.82) is 0 Å². The Morgan fingerprint density at radius 2 is 2.44 bits per heavy atom. The van der Waals surface area contributed by atoms with Gasteiger partial charge in [0, 0.05) is 13.7 Å². The average Bonchev–Trinajstić information content (AvgIpc) is 2.86. The van der Waals surface area contributed by atoms with Crippen LogP contribution in [-0.4, -0.2) is 33.4 Å². The van der Waals surface area contributed by atoms with Gasteiger partial charge in [-0.3, -0.25) is 9.48 Å². The molecule has 2 heterocycles. The molecule has 6 nitrogen and oxygen atoms in total. The first-order chi connectivity index (χ1) is 8.50. The highest BCUT2D eigenvalue weighted by Crippen LogP contribution is 2.23. The van der Waals surface area contributed by atoms with Crippen LogP contribution in [0.15, 0.2) is 6.20 Å². The lowest BCUT2D eigenvalue weighted by Crippen LogP contribution is -2.29. The van der Waals surface area contributed by atoms with E-state index in [1.807, 2.05) is 6.92 Å². The third-order valence-corrected chi connectivity index (χ3v) is 3.38. The molecule has 98 valence electrons. The van der Waals surface area contributed by atoms with E-state index < -0.39 is 0 Å². The molecule has 1 saturated heterocycles. The number of thiocarbonyl (C=S) groups is 1. The zero-order valence-electron chi connectivity index (χ0n) is 10.3. The van der Waals surface area contributed by atoms with Gasteiger partial charge in [0.1, 0.15) is 10.8 Å². The Bertz CT molecular complexity index is 485. The summed E-state index contributed by atoms with van der Waals surface area (Å²) in [7, 11) is 1.73. The zero-order chi connectivity index (χ0) is 13.3. The Morgan fingerprint density at radius 1 is 1.72 bits per heavy atom. The van der Waals surface area contributed by atoms with E-state index in [4.69, 9.17) is 22.7 Å². The number of aryl methyl sites for hydroxylation is 1. The largest absolute Gasteiger partial charge is 0.389 e. The molecule has 0 aromatic carbocycles. The number of ether oxygens (including phenoxy) is 1. The number of nitrogens with two attached hydrogens (primary N) is 1. The summed E-state index contributed by atoms with van der Waals surface area (Å²) in [5, 5.41) is 6.87. The van der Waals surface area contributed by atoms with Crippen LogP contribution in [0, 0.1) is 5.92 Å². The molecule has 0 aliphatic carbocycles. The van der Waals surface area contributed by atoms with Gasteiger partial charge < -0.3 is 15.8 Å². The molecular weight excluding hydrogens is 252 g/mol. The van der Waals surface area contributed by atoms with Crippen LogP contribution in [0.5, 0.6) is 0 Å². The van der Waals surface area contributed by atoms with Crippen molar-refractivity contribution in [2.75, 3.05) is 11.9 Å². The fraction of sp³-hybridized carbons (Fsp3) is 0.545. The summed E-state index contributed by atoms with van der Waals surface area (Å²) < 4.78 is 6.93. The Balaban J connectivity index is 2.16. The first-order valence-electron chi connectivity index (χ1n) is 5.75. The first-order valence-corrected chi connectivity index (χ1v) is 6.15. The predicted octanol–water partition coefficient (Wildman–Crippen LogP) is 0.418. The molecule has 1 aliphatic rings. The summed E-state index contributed by atoms with van der Waals surface area (Å²) in [5.74, 6) is 0.312. The molecule has 0 spiro atoms. The van der Waals surface area contributed by atoms with Gasteiger partial charge in [0.15, 0.2) is 0 Å². The average molecular weight is 268 g/mol. The molecule has 18 heavy (non-hydrogen) atoms. The summed E-state index contributed by atoms with van der Waals surface area (Å²) in [5.41, 5.74) is 6.16. The van der Waals surface area contributed by atoms with Gasteiger partial charge in [0.2, 0.25) is 5.91 Å². The minimum Gasteiger partial charge on any atom is -0.389 e. The third kappa shape index (κ3) is 2.37. The highest BCUT2D eigenvalue weighted by atomic mass is 32.1. The quantitative estimate of drug-likeness (QED) is 0.776. The van der Waals surface area contributed by atoms with Crippen LogP contribution in [-0.2, 0) is 16.6 Å². The Morgan fingerprint density at radius 3 is 3.00 bits per heavy atom. The molecule has 0 radical (unpaired) electrons. The van der Waals surface area contributed by atoms with E-state index >= 15 is 0 Å². The number of aromatic nitrogens is 2. The number of nitrogens with zero attached hydrogens (tertiary/aromatic N) is 2. The van der Waals surface area contributed by atoms with E-state index in [1.54, 1.807) is 17.9 Å². The number of carbonyl (C=O) groups is 1. The standard InChI is InChI=1S/C11H16N4O2S/c1-6-7(3-4-17-6)11(16)14-10-8(9(12)18)5-13-15(10)2/h5-7H,3-4H2,1-2H3,(H2,12,18)(H,14,16). The van der Waals surface area contributed by atoms with Crippen LogP contribution in [0.1, 0.15) is 18.9 Å². The number of anilines is 1. The molecule has 0 bridgehead atoms. The molecule has 3 N–H and O–H groups in total. The zero-order valence-corrected chi connectivity index (χ0v) is 11.2. The molecule has 1 aromatic heterocycles. The Hall–Kier alpha value is -1.47. The molecule has 7 heteroatoms. The number of rotatable bonds is 3. The van der Waals surface area contributed by atoms with Crippen LogP contribution < -0.4 is 11.1 Å². The summed E-state index contributed by atoms with van der Waals surface area (Å²) in [6, 6.07) is 0. The molecule has 2 rings (SSSR count). The smallest absolute Gasteiger partial charge is 0.231 e. The molecular formula is C11H16N4O2S. The number of carbonyl (C=O) groups excluding carboxylic acids is 1. The molecule has 2 unspecified atom stereocenters. The summed E-state index contributed by atoms with van der Waals surface area (Å²) in [6.45, 7) is 2.52. The normalized spacial score (nSPS) is 23.0. The van der Waals surface area contributed by atoms with E-state index in [0.29, 0.717) is 18.0 Å². The first kappa shape index (κ1) is 13.0. The van der Waals surface area contributed by atoms with E-state index in [-0.39, 0.29) is 22.9 Å². The van der Waals surface area contributed by atoms with Crippen LogP contribution in [0.3, 0.4) is 0 Å². The maximum Gasteiger partial charge on any atom is 0.231 e.